The van der Waals surface area contributed by atoms with Crippen molar-refractivity contribution in [3.63, 3.8) is 0 Å². The van der Waals surface area contributed by atoms with Gasteiger partial charge in [0.25, 0.3) is 0 Å². The summed E-state index contributed by atoms with van der Waals surface area (Å²) in [5, 5.41) is 10.1. The molecule has 0 aliphatic carbocycles. The molecule has 1 aromatic carbocycles. The van der Waals surface area contributed by atoms with Gasteiger partial charge in [0.15, 0.2) is 17.6 Å². The lowest BCUT2D eigenvalue weighted by Crippen LogP contribution is -2.12. The van der Waals surface area contributed by atoms with Gasteiger partial charge in [-0.05, 0) is 6.42 Å². The second kappa shape index (κ2) is 6.89. The topological polar surface area (TPSA) is 89.9 Å². The Morgan fingerprint density at radius 1 is 1.23 bits per heavy atom. The number of cyclic esters (lactones) is 1. The third kappa shape index (κ3) is 3.33. The summed E-state index contributed by atoms with van der Waals surface area (Å²) in [6, 6.07) is 8.66. The number of methoxy groups -OCH3 is 1. The maximum atomic E-state index is 12.0. The van der Waals surface area contributed by atoms with Crippen molar-refractivity contribution in [1.29, 1.82) is 0 Å². The highest BCUT2D eigenvalue weighted by Crippen LogP contribution is 2.34. The summed E-state index contributed by atoms with van der Waals surface area (Å²) in [6.07, 6.45) is -0.669. The highest BCUT2D eigenvalue weighted by molar-refractivity contribution is 6.19. The number of Topliss-reactive ketones (excluding diaryl/α,β-unsaturated/α-hetero) is 1. The van der Waals surface area contributed by atoms with Crippen LogP contribution in [-0.4, -0.2) is 29.9 Å². The third-order valence-corrected chi connectivity index (χ3v) is 3.33. The molecule has 0 spiro atoms. The zero-order valence-electron chi connectivity index (χ0n) is 12.1. The summed E-state index contributed by atoms with van der Waals surface area (Å²) in [6.45, 7) is 0. The van der Waals surface area contributed by atoms with Gasteiger partial charge in [-0.25, -0.2) is 4.79 Å². The van der Waals surface area contributed by atoms with Crippen LogP contribution in [0.2, 0.25) is 0 Å². The lowest BCUT2D eigenvalue weighted by atomic mass is 10.0. The van der Waals surface area contributed by atoms with E-state index >= 15 is 0 Å². The minimum absolute atomic E-state index is 0.0366. The highest BCUT2D eigenvalue weighted by atomic mass is 16.6. The molecule has 0 fully saturated rings. The molecule has 1 aliphatic rings. The normalized spacial score (nSPS) is 17.3. The molecule has 1 unspecified atom stereocenters. The molecule has 0 amide bonds. The number of carbonyl (C=O) groups is 3. The van der Waals surface area contributed by atoms with Gasteiger partial charge in [0.2, 0.25) is 0 Å². The van der Waals surface area contributed by atoms with Crippen LogP contribution in [0.3, 0.4) is 0 Å². The Kier molecular flexibility index (Phi) is 4.93. The summed E-state index contributed by atoms with van der Waals surface area (Å²) in [5.41, 5.74) is 0.254. The molecule has 1 aliphatic heterocycles. The van der Waals surface area contributed by atoms with Crippen molar-refractivity contribution in [1.82, 2.24) is 0 Å². The van der Waals surface area contributed by atoms with Crippen molar-refractivity contribution >= 4 is 17.7 Å². The summed E-state index contributed by atoms with van der Waals surface area (Å²) >= 11 is 0. The zero-order chi connectivity index (χ0) is 16.1. The lowest BCUT2D eigenvalue weighted by Gasteiger charge is -2.09. The Labute approximate surface area is 127 Å². The summed E-state index contributed by atoms with van der Waals surface area (Å²) in [4.78, 5) is 34.8. The first-order chi connectivity index (χ1) is 10.5. The van der Waals surface area contributed by atoms with Crippen LogP contribution < -0.4 is 0 Å². The molecule has 6 heteroatoms. The number of ether oxygens (including phenoxy) is 2. The Morgan fingerprint density at radius 3 is 2.55 bits per heavy atom. The van der Waals surface area contributed by atoms with Gasteiger partial charge < -0.3 is 14.6 Å². The molecule has 0 bridgehead atoms. The quantitative estimate of drug-likeness (QED) is 0.638. The minimum Gasteiger partial charge on any atom is -0.507 e. The van der Waals surface area contributed by atoms with Crippen LogP contribution in [-0.2, 0) is 23.9 Å². The first-order valence-electron chi connectivity index (χ1n) is 6.83. The average Bonchev–Trinajstić information content (AvgIpc) is 2.82. The number of hydrogen-bond donors (Lipinski definition) is 1. The molecule has 1 atom stereocenters. The Balaban J connectivity index is 2.08. The van der Waals surface area contributed by atoms with E-state index in [4.69, 9.17) is 4.74 Å². The first kappa shape index (κ1) is 15.8. The number of esters is 2. The third-order valence-electron chi connectivity index (χ3n) is 3.33. The Morgan fingerprint density at radius 2 is 1.91 bits per heavy atom. The second-order valence-electron chi connectivity index (χ2n) is 4.81. The first-order valence-corrected chi connectivity index (χ1v) is 6.83. The van der Waals surface area contributed by atoms with E-state index < -0.39 is 23.8 Å². The Hall–Kier alpha value is -2.63. The SMILES string of the molecule is COC(=O)CCCC(=O)C1=C(O)C(c2ccccc2)OC1=O. The van der Waals surface area contributed by atoms with Gasteiger partial charge in [0.1, 0.15) is 5.57 Å². The second-order valence-corrected chi connectivity index (χ2v) is 4.81. The molecule has 1 heterocycles. The van der Waals surface area contributed by atoms with Gasteiger partial charge in [-0.3, -0.25) is 9.59 Å². The van der Waals surface area contributed by atoms with Gasteiger partial charge in [0.05, 0.1) is 7.11 Å². The molecule has 22 heavy (non-hydrogen) atoms. The number of rotatable bonds is 6. The molecule has 0 saturated carbocycles. The summed E-state index contributed by atoms with van der Waals surface area (Å²) in [7, 11) is 1.26. The van der Waals surface area contributed by atoms with E-state index in [0.29, 0.717) is 5.56 Å². The fourth-order valence-corrected chi connectivity index (χ4v) is 2.19. The fourth-order valence-electron chi connectivity index (χ4n) is 2.19. The van der Waals surface area contributed by atoms with Gasteiger partial charge in [-0.1, -0.05) is 30.3 Å². The van der Waals surface area contributed by atoms with Crippen LogP contribution in [0.15, 0.2) is 41.7 Å². The molecule has 1 aromatic rings. The van der Waals surface area contributed by atoms with E-state index in [0.717, 1.165) is 0 Å². The minimum atomic E-state index is -0.951. The lowest BCUT2D eigenvalue weighted by molar-refractivity contribution is -0.141. The molecule has 116 valence electrons. The number of benzene rings is 1. The molecule has 0 saturated heterocycles. The number of aliphatic hydroxyl groups is 1. The van der Waals surface area contributed by atoms with Crippen LogP contribution >= 0.6 is 0 Å². The molecule has 0 aromatic heterocycles. The maximum absolute atomic E-state index is 12.0. The zero-order valence-corrected chi connectivity index (χ0v) is 12.1. The predicted octanol–water partition coefficient (Wildman–Crippen LogP) is 2.01. The van der Waals surface area contributed by atoms with Crippen LogP contribution in [0.25, 0.3) is 0 Å². The summed E-state index contributed by atoms with van der Waals surface area (Å²) < 4.78 is 9.54. The predicted molar refractivity (Wildman–Crippen MR) is 75.8 cm³/mol. The number of carbonyl (C=O) groups excluding carboxylic acids is 3. The number of aliphatic hydroxyl groups excluding tert-OH is 1. The highest BCUT2D eigenvalue weighted by Gasteiger charge is 2.38. The molecule has 6 nitrogen and oxygen atoms in total. The van der Waals surface area contributed by atoms with E-state index in [1.54, 1.807) is 30.3 Å². The van der Waals surface area contributed by atoms with Crippen molar-refractivity contribution in [3.05, 3.63) is 47.2 Å². The van der Waals surface area contributed by atoms with E-state index in [9.17, 15) is 19.5 Å². The van der Waals surface area contributed by atoms with Crippen LogP contribution in [0.1, 0.15) is 30.9 Å². The van der Waals surface area contributed by atoms with Crippen molar-refractivity contribution in [2.24, 2.45) is 0 Å². The van der Waals surface area contributed by atoms with Gasteiger partial charge in [-0.15, -0.1) is 0 Å². The molecule has 2 rings (SSSR count). The molecule has 0 radical (unpaired) electrons. The van der Waals surface area contributed by atoms with Gasteiger partial charge in [0, 0.05) is 18.4 Å². The van der Waals surface area contributed by atoms with Crippen LogP contribution in [0, 0.1) is 0 Å². The van der Waals surface area contributed by atoms with Crippen LogP contribution in [0.4, 0.5) is 0 Å². The van der Waals surface area contributed by atoms with Crippen molar-refractivity contribution in [3.8, 4) is 0 Å². The van der Waals surface area contributed by atoms with Crippen molar-refractivity contribution in [2.45, 2.75) is 25.4 Å². The molecular weight excluding hydrogens is 288 g/mol. The molecular formula is C16H16O6. The van der Waals surface area contributed by atoms with E-state index in [-0.39, 0.29) is 30.6 Å². The largest absolute Gasteiger partial charge is 0.507 e. The van der Waals surface area contributed by atoms with Crippen LogP contribution in [0.5, 0.6) is 0 Å². The van der Waals surface area contributed by atoms with E-state index in [1.165, 1.54) is 7.11 Å². The van der Waals surface area contributed by atoms with Crippen molar-refractivity contribution < 1.29 is 29.0 Å². The van der Waals surface area contributed by atoms with Gasteiger partial charge in [-0.2, -0.15) is 0 Å². The number of hydrogen-bond acceptors (Lipinski definition) is 6. The number of ketones is 1. The monoisotopic (exact) mass is 304 g/mol. The molecule has 1 N–H and O–H groups in total. The van der Waals surface area contributed by atoms with E-state index in [1.807, 2.05) is 0 Å². The van der Waals surface area contributed by atoms with Gasteiger partial charge >= 0.3 is 11.9 Å². The maximum Gasteiger partial charge on any atom is 0.346 e. The smallest absolute Gasteiger partial charge is 0.346 e. The fraction of sp³-hybridized carbons (Fsp3) is 0.312. The van der Waals surface area contributed by atoms with Crippen molar-refractivity contribution in [2.75, 3.05) is 7.11 Å². The summed E-state index contributed by atoms with van der Waals surface area (Å²) in [5.74, 6) is -2.18. The van der Waals surface area contributed by atoms with E-state index in [2.05, 4.69) is 4.74 Å². The standard InChI is InChI=1S/C16H16O6/c1-21-12(18)9-5-8-11(17)13-14(19)15(22-16(13)20)10-6-3-2-4-7-10/h2-4,6-7,15,19H,5,8-9H2,1H3. The Bertz CT molecular complexity index is 617. The average molecular weight is 304 g/mol.